The maximum absolute atomic E-state index is 11.8. The zero-order valence-corrected chi connectivity index (χ0v) is 9.60. The van der Waals surface area contributed by atoms with Crippen LogP contribution in [0.5, 0.6) is 0 Å². The van der Waals surface area contributed by atoms with Crippen molar-refractivity contribution < 1.29 is 0 Å². The van der Waals surface area contributed by atoms with E-state index < -0.39 is 5.69 Å². The predicted octanol–water partition coefficient (Wildman–Crippen LogP) is -1.98. The molecule has 0 radical (unpaired) electrons. The van der Waals surface area contributed by atoms with Crippen molar-refractivity contribution in [3.63, 3.8) is 0 Å². The molecular formula is C9H15N5O2. The van der Waals surface area contributed by atoms with Gasteiger partial charge in [-0.25, -0.2) is 9.48 Å². The molecule has 0 bridgehead atoms. The van der Waals surface area contributed by atoms with Gasteiger partial charge in [0.15, 0.2) is 0 Å². The SMILES string of the molecule is Cn1nc(N2CC(C)(N)C2)c(=O)n(C)c1=O. The lowest BCUT2D eigenvalue weighted by Gasteiger charge is -2.45. The minimum atomic E-state index is -0.426. The molecule has 1 fully saturated rings. The molecule has 0 aromatic carbocycles. The van der Waals surface area contributed by atoms with Crippen molar-refractivity contribution in [3.05, 3.63) is 20.8 Å². The molecule has 7 heteroatoms. The van der Waals surface area contributed by atoms with Crippen molar-refractivity contribution in [1.29, 1.82) is 0 Å². The van der Waals surface area contributed by atoms with Crippen molar-refractivity contribution in [2.45, 2.75) is 12.5 Å². The zero-order chi connectivity index (χ0) is 12.1. The van der Waals surface area contributed by atoms with Gasteiger partial charge in [0.2, 0.25) is 5.82 Å². The summed E-state index contributed by atoms with van der Waals surface area (Å²) in [5, 5.41) is 3.96. The van der Waals surface area contributed by atoms with Crippen molar-refractivity contribution >= 4 is 5.82 Å². The van der Waals surface area contributed by atoms with Crippen LogP contribution in [0, 0.1) is 0 Å². The first-order valence-corrected chi connectivity index (χ1v) is 5.00. The minimum Gasteiger partial charge on any atom is -0.347 e. The third-order valence-corrected chi connectivity index (χ3v) is 2.71. The second-order valence-electron chi connectivity index (χ2n) is 4.60. The molecular weight excluding hydrogens is 210 g/mol. The Bertz CT molecular complexity index is 534. The second kappa shape index (κ2) is 3.18. The maximum Gasteiger partial charge on any atom is 0.346 e. The molecule has 2 heterocycles. The maximum atomic E-state index is 11.8. The summed E-state index contributed by atoms with van der Waals surface area (Å²) in [5.41, 5.74) is 4.78. The van der Waals surface area contributed by atoms with Crippen LogP contribution in [-0.2, 0) is 14.1 Å². The number of hydrogen-bond donors (Lipinski definition) is 1. The number of nitrogens with zero attached hydrogens (tertiary/aromatic N) is 4. The van der Waals surface area contributed by atoms with Gasteiger partial charge in [-0.3, -0.25) is 9.36 Å². The standard InChI is InChI=1S/C9H15N5O2/c1-9(10)4-14(5-9)6-7(15)12(2)8(16)13(3)11-6/h4-5,10H2,1-3H3. The lowest BCUT2D eigenvalue weighted by Crippen LogP contribution is -2.67. The molecule has 0 atom stereocenters. The molecule has 16 heavy (non-hydrogen) atoms. The second-order valence-corrected chi connectivity index (χ2v) is 4.60. The molecule has 0 unspecified atom stereocenters. The Morgan fingerprint density at radius 2 is 1.88 bits per heavy atom. The topological polar surface area (TPSA) is 86.2 Å². The van der Waals surface area contributed by atoms with Crippen LogP contribution in [0.4, 0.5) is 5.82 Å². The van der Waals surface area contributed by atoms with Crippen LogP contribution in [0.3, 0.4) is 0 Å². The fraction of sp³-hybridized carbons (Fsp3) is 0.667. The Morgan fingerprint density at radius 3 is 2.38 bits per heavy atom. The van der Waals surface area contributed by atoms with Crippen LogP contribution in [0.25, 0.3) is 0 Å². The van der Waals surface area contributed by atoms with E-state index in [4.69, 9.17) is 5.73 Å². The van der Waals surface area contributed by atoms with Crippen molar-refractivity contribution in [3.8, 4) is 0 Å². The van der Waals surface area contributed by atoms with Crippen molar-refractivity contribution in [2.75, 3.05) is 18.0 Å². The first-order chi connectivity index (χ1) is 7.32. The number of aromatic nitrogens is 3. The van der Waals surface area contributed by atoms with Gasteiger partial charge >= 0.3 is 5.69 Å². The van der Waals surface area contributed by atoms with Gasteiger partial charge in [-0.15, -0.1) is 5.10 Å². The molecule has 1 aromatic rings. The van der Waals surface area contributed by atoms with E-state index in [1.54, 1.807) is 4.90 Å². The number of aryl methyl sites for hydroxylation is 1. The van der Waals surface area contributed by atoms with E-state index in [9.17, 15) is 9.59 Å². The summed E-state index contributed by atoms with van der Waals surface area (Å²) >= 11 is 0. The van der Waals surface area contributed by atoms with E-state index in [1.807, 2.05) is 6.92 Å². The molecule has 1 aromatic heterocycles. The molecule has 2 rings (SSSR count). The average molecular weight is 225 g/mol. The van der Waals surface area contributed by atoms with Gasteiger partial charge in [-0.1, -0.05) is 0 Å². The van der Waals surface area contributed by atoms with Crippen LogP contribution in [0.1, 0.15) is 6.92 Å². The van der Waals surface area contributed by atoms with Gasteiger partial charge in [0, 0.05) is 32.7 Å². The molecule has 1 aliphatic heterocycles. The molecule has 88 valence electrons. The Balaban J connectivity index is 2.45. The summed E-state index contributed by atoms with van der Waals surface area (Å²) in [6.45, 7) is 3.07. The number of hydrogen-bond acceptors (Lipinski definition) is 5. The normalized spacial score (nSPS) is 18.4. The first kappa shape index (κ1) is 10.9. The quantitative estimate of drug-likeness (QED) is 0.598. The summed E-state index contributed by atoms with van der Waals surface area (Å²) in [6.07, 6.45) is 0. The Kier molecular flexibility index (Phi) is 2.16. The Hall–Kier alpha value is -1.63. The van der Waals surface area contributed by atoms with Gasteiger partial charge in [-0.2, -0.15) is 0 Å². The zero-order valence-electron chi connectivity index (χ0n) is 9.60. The molecule has 2 N–H and O–H groups in total. The Morgan fingerprint density at radius 1 is 1.31 bits per heavy atom. The summed E-state index contributed by atoms with van der Waals surface area (Å²) < 4.78 is 2.21. The van der Waals surface area contributed by atoms with Gasteiger partial charge in [-0.05, 0) is 6.92 Å². The van der Waals surface area contributed by atoms with Gasteiger partial charge < -0.3 is 10.6 Å². The largest absolute Gasteiger partial charge is 0.347 e. The van der Waals surface area contributed by atoms with Gasteiger partial charge in [0.25, 0.3) is 5.56 Å². The van der Waals surface area contributed by atoms with E-state index in [1.165, 1.54) is 14.1 Å². The number of anilines is 1. The first-order valence-electron chi connectivity index (χ1n) is 5.00. The van der Waals surface area contributed by atoms with Crippen LogP contribution >= 0.6 is 0 Å². The number of nitrogens with two attached hydrogens (primary N) is 1. The van der Waals surface area contributed by atoms with Gasteiger partial charge in [0.05, 0.1) is 0 Å². The Labute approximate surface area is 92.1 Å². The minimum absolute atomic E-state index is 0.276. The molecule has 0 amide bonds. The molecule has 0 saturated carbocycles. The fourth-order valence-electron chi connectivity index (χ4n) is 1.86. The third-order valence-electron chi connectivity index (χ3n) is 2.71. The third kappa shape index (κ3) is 1.53. The van der Waals surface area contributed by atoms with E-state index in [2.05, 4.69) is 5.10 Å². The molecule has 0 spiro atoms. The summed E-state index contributed by atoms with van der Waals surface area (Å²) in [7, 11) is 2.96. The highest BCUT2D eigenvalue weighted by Crippen LogP contribution is 2.20. The highest BCUT2D eigenvalue weighted by atomic mass is 16.2. The monoisotopic (exact) mass is 225 g/mol. The number of rotatable bonds is 1. The predicted molar refractivity (Wildman–Crippen MR) is 59.5 cm³/mol. The molecule has 7 nitrogen and oxygen atoms in total. The van der Waals surface area contributed by atoms with Gasteiger partial charge in [0.1, 0.15) is 0 Å². The average Bonchev–Trinajstić information content (AvgIpc) is 2.17. The molecule has 1 aliphatic rings. The highest BCUT2D eigenvalue weighted by Gasteiger charge is 2.37. The van der Waals surface area contributed by atoms with E-state index in [0.29, 0.717) is 13.1 Å². The highest BCUT2D eigenvalue weighted by molar-refractivity contribution is 5.41. The van der Waals surface area contributed by atoms with Crippen molar-refractivity contribution in [2.24, 2.45) is 19.8 Å². The van der Waals surface area contributed by atoms with Crippen LogP contribution in [0.2, 0.25) is 0 Å². The van der Waals surface area contributed by atoms with Crippen molar-refractivity contribution in [1.82, 2.24) is 14.3 Å². The van der Waals surface area contributed by atoms with Crippen LogP contribution in [0.15, 0.2) is 9.59 Å². The van der Waals surface area contributed by atoms with Crippen LogP contribution in [-0.4, -0.2) is 33.0 Å². The summed E-state index contributed by atoms with van der Waals surface area (Å²) in [5.74, 6) is 0.285. The van der Waals surface area contributed by atoms with E-state index in [0.717, 1.165) is 9.25 Å². The molecule has 1 saturated heterocycles. The lowest BCUT2D eigenvalue weighted by molar-refractivity contribution is 0.357. The molecule has 0 aliphatic carbocycles. The fourth-order valence-corrected chi connectivity index (χ4v) is 1.86. The van der Waals surface area contributed by atoms with Crippen LogP contribution < -0.4 is 21.9 Å². The smallest absolute Gasteiger partial charge is 0.346 e. The summed E-state index contributed by atoms with van der Waals surface area (Å²) in [6, 6.07) is 0. The van der Waals surface area contributed by atoms with E-state index >= 15 is 0 Å². The summed E-state index contributed by atoms with van der Waals surface area (Å²) in [4.78, 5) is 25.0. The lowest BCUT2D eigenvalue weighted by atomic mass is 9.94. The van der Waals surface area contributed by atoms with E-state index in [-0.39, 0.29) is 16.9 Å².